The lowest BCUT2D eigenvalue weighted by Gasteiger charge is -2.24. The summed E-state index contributed by atoms with van der Waals surface area (Å²) in [5, 5.41) is 8.82. The molecular formula is C12H16N2O4. The Morgan fingerprint density at radius 3 is 2.67 bits per heavy atom. The van der Waals surface area contributed by atoms with Crippen molar-refractivity contribution in [1.82, 2.24) is 9.80 Å². The molecule has 1 saturated heterocycles. The highest BCUT2D eigenvalue weighted by Gasteiger charge is 2.48. The van der Waals surface area contributed by atoms with Crippen LogP contribution in [-0.2, 0) is 14.4 Å². The predicted molar refractivity (Wildman–Crippen MR) is 62.7 cm³/mol. The van der Waals surface area contributed by atoms with Crippen LogP contribution in [0, 0.1) is 0 Å². The molecule has 1 atom stereocenters. The molecule has 1 N–H and O–H groups in total. The van der Waals surface area contributed by atoms with Crippen molar-refractivity contribution in [1.29, 1.82) is 0 Å². The van der Waals surface area contributed by atoms with Crippen LogP contribution < -0.4 is 0 Å². The Morgan fingerprint density at radius 2 is 2.17 bits per heavy atom. The first kappa shape index (κ1) is 12.8. The van der Waals surface area contributed by atoms with Gasteiger partial charge in [-0.05, 0) is 12.8 Å². The summed E-state index contributed by atoms with van der Waals surface area (Å²) in [6.45, 7) is 3.58. The number of carboxylic acids is 1. The van der Waals surface area contributed by atoms with Gasteiger partial charge in [0.1, 0.15) is 0 Å². The maximum Gasteiger partial charge on any atom is 0.317 e. The van der Waals surface area contributed by atoms with Crippen molar-refractivity contribution < 1.29 is 19.5 Å². The fourth-order valence-corrected chi connectivity index (χ4v) is 2.28. The third kappa shape index (κ3) is 2.43. The second kappa shape index (κ2) is 4.89. The number of nitrogens with zero attached hydrogens (tertiary/aromatic N) is 2. The molecule has 1 saturated carbocycles. The normalized spacial score (nSPS) is 23.8. The quantitative estimate of drug-likeness (QED) is 0.525. The molecule has 2 fully saturated rings. The zero-order chi connectivity index (χ0) is 13.3. The molecular weight excluding hydrogens is 236 g/mol. The van der Waals surface area contributed by atoms with Gasteiger partial charge in [0, 0.05) is 12.6 Å². The van der Waals surface area contributed by atoms with Crippen molar-refractivity contribution in [3.05, 3.63) is 12.7 Å². The van der Waals surface area contributed by atoms with E-state index in [0.29, 0.717) is 0 Å². The number of hydrogen-bond acceptors (Lipinski definition) is 4. The molecule has 2 rings (SSSR count). The maximum absolute atomic E-state index is 12.1. The van der Waals surface area contributed by atoms with E-state index in [1.54, 1.807) is 6.08 Å². The highest BCUT2D eigenvalue weighted by molar-refractivity contribution is 6.06. The highest BCUT2D eigenvalue weighted by atomic mass is 16.4. The molecule has 2 aliphatic rings. The van der Waals surface area contributed by atoms with Gasteiger partial charge in [0.25, 0.3) is 0 Å². The van der Waals surface area contributed by atoms with Crippen molar-refractivity contribution in [3.63, 3.8) is 0 Å². The van der Waals surface area contributed by atoms with Crippen LogP contribution in [0.3, 0.4) is 0 Å². The lowest BCUT2D eigenvalue weighted by Crippen LogP contribution is -2.44. The third-order valence-corrected chi connectivity index (χ3v) is 3.21. The van der Waals surface area contributed by atoms with Crippen molar-refractivity contribution in [2.75, 3.05) is 13.1 Å². The van der Waals surface area contributed by atoms with E-state index in [1.165, 1.54) is 9.80 Å². The van der Waals surface area contributed by atoms with Gasteiger partial charge < -0.3 is 5.11 Å². The number of hydrogen-bond donors (Lipinski definition) is 1. The summed E-state index contributed by atoms with van der Waals surface area (Å²) in [5.41, 5.74) is 0. The Bertz CT molecular complexity index is 403. The van der Waals surface area contributed by atoms with Crippen LogP contribution in [-0.4, -0.2) is 57.9 Å². The number of carbonyl (C=O) groups is 3. The number of carboxylic acid groups (broad SMARTS) is 1. The largest absolute Gasteiger partial charge is 0.480 e. The SMILES string of the molecule is C=CCN(CC(=O)O)C1CC(=O)N(C2CC2)C1=O. The summed E-state index contributed by atoms with van der Waals surface area (Å²) in [6, 6.07) is -0.599. The third-order valence-electron chi connectivity index (χ3n) is 3.21. The van der Waals surface area contributed by atoms with Crippen molar-refractivity contribution in [2.24, 2.45) is 0 Å². The van der Waals surface area contributed by atoms with Gasteiger partial charge in [-0.25, -0.2) is 0 Å². The summed E-state index contributed by atoms with van der Waals surface area (Å²) < 4.78 is 0. The average Bonchev–Trinajstić information content (AvgIpc) is 3.05. The first-order chi connectivity index (χ1) is 8.54. The predicted octanol–water partition coefficient (Wildman–Crippen LogP) is -0.151. The van der Waals surface area contributed by atoms with E-state index in [4.69, 9.17) is 5.11 Å². The van der Waals surface area contributed by atoms with Crippen molar-refractivity contribution >= 4 is 17.8 Å². The Kier molecular flexibility index (Phi) is 3.47. The van der Waals surface area contributed by atoms with Crippen molar-refractivity contribution in [2.45, 2.75) is 31.3 Å². The topological polar surface area (TPSA) is 77.9 Å². The molecule has 18 heavy (non-hydrogen) atoms. The molecule has 1 unspecified atom stereocenters. The minimum atomic E-state index is -1.01. The molecule has 0 aromatic heterocycles. The van der Waals surface area contributed by atoms with Gasteiger partial charge >= 0.3 is 5.97 Å². The smallest absolute Gasteiger partial charge is 0.317 e. The van der Waals surface area contributed by atoms with Gasteiger partial charge in [-0.3, -0.25) is 24.2 Å². The van der Waals surface area contributed by atoms with Crippen LogP contribution in [0.1, 0.15) is 19.3 Å². The van der Waals surface area contributed by atoms with Gasteiger partial charge in [0.15, 0.2) is 0 Å². The Balaban J connectivity index is 2.10. The molecule has 1 heterocycles. The van der Waals surface area contributed by atoms with Crippen molar-refractivity contribution in [3.8, 4) is 0 Å². The molecule has 0 radical (unpaired) electrons. The summed E-state index contributed by atoms with van der Waals surface area (Å²) in [5.74, 6) is -1.46. The van der Waals surface area contributed by atoms with Crippen LogP contribution >= 0.6 is 0 Å². The number of aliphatic carboxylic acids is 1. The van der Waals surface area contributed by atoms with E-state index in [0.717, 1.165) is 12.8 Å². The first-order valence-electron chi connectivity index (χ1n) is 5.97. The van der Waals surface area contributed by atoms with E-state index < -0.39 is 12.0 Å². The van der Waals surface area contributed by atoms with E-state index in [-0.39, 0.29) is 37.4 Å². The Morgan fingerprint density at radius 1 is 1.50 bits per heavy atom. The van der Waals surface area contributed by atoms with E-state index >= 15 is 0 Å². The lowest BCUT2D eigenvalue weighted by molar-refractivity contribution is -0.141. The van der Waals surface area contributed by atoms with Gasteiger partial charge in [0.05, 0.1) is 19.0 Å². The molecule has 2 amide bonds. The Hall–Kier alpha value is -1.69. The standard InChI is InChI=1S/C12H16N2O4/c1-2-5-13(7-11(16)17)9-6-10(15)14(12(9)18)8-3-4-8/h2,8-9H,1,3-7H2,(H,16,17). The maximum atomic E-state index is 12.1. The zero-order valence-corrected chi connectivity index (χ0v) is 10.0. The summed E-state index contributed by atoms with van der Waals surface area (Å²) >= 11 is 0. The van der Waals surface area contributed by atoms with Gasteiger partial charge in [-0.2, -0.15) is 0 Å². The second-order valence-electron chi connectivity index (χ2n) is 4.66. The van der Waals surface area contributed by atoms with Crippen LogP contribution in [0.2, 0.25) is 0 Å². The monoisotopic (exact) mass is 252 g/mol. The Labute approximate surface area is 105 Å². The number of likely N-dealkylation sites (tertiary alicyclic amines) is 1. The lowest BCUT2D eigenvalue weighted by atomic mass is 10.2. The number of carbonyl (C=O) groups excluding carboxylic acids is 2. The number of rotatable bonds is 6. The molecule has 1 aliphatic heterocycles. The van der Waals surface area contributed by atoms with Crippen LogP contribution in [0.4, 0.5) is 0 Å². The molecule has 6 nitrogen and oxygen atoms in total. The first-order valence-corrected chi connectivity index (χ1v) is 5.97. The zero-order valence-electron chi connectivity index (χ0n) is 10.0. The van der Waals surface area contributed by atoms with Crippen LogP contribution in [0.15, 0.2) is 12.7 Å². The van der Waals surface area contributed by atoms with Gasteiger partial charge in [-0.1, -0.05) is 6.08 Å². The molecule has 0 aromatic carbocycles. The fourth-order valence-electron chi connectivity index (χ4n) is 2.28. The van der Waals surface area contributed by atoms with Gasteiger partial charge in [0.2, 0.25) is 11.8 Å². The minimum absolute atomic E-state index is 0.0467. The fraction of sp³-hybridized carbons (Fsp3) is 0.583. The molecule has 0 spiro atoms. The molecule has 6 heteroatoms. The van der Waals surface area contributed by atoms with Crippen LogP contribution in [0.5, 0.6) is 0 Å². The molecule has 98 valence electrons. The van der Waals surface area contributed by atoms with E-state index in [9.17, 15) is 14.4 Å². The molecule has 0 bridgehead atoms. The highest BCUT2D eigenvalue weighted by Crippen LogP contribution is 2.32. The summed E-state index contributed by atoms with van der Waals surface area (Å²) in [4.78, 5) is 37.5. The summed E-state index contributed by atoms with van der Waals surface area (Å²) in [6.07, 6.45) is 3.35. The number of amides is 2. The second-order valence-corrected chi connectivity index (χ2v) is 4.66. The van der Waals surface area contributed by atoms with E-state index in [1.807, 2.05) is 0 Å². The summed E-state index contributed by atoms with van der Waals surface area (Å²) in [7, 11) is 0. The van der Waals surface area contributed by atoms with E-state index in [2.05, 4.69) is 6.58 Å². The minimum Gasteiger partial charge on any atom is -0.480 e. The van der Waals surface area contributed by atoms with Gasteiger partial charge in [-0.15, -0.1) is 6.58 Å². The van der Waals surface area contributed by atoms with Crippen LogP contribution in [0.25, 0.3) is 0 Å². The average molecular weight is 252 g/mol. The molecule has 1 aliphatic carbocycles. The number of imide groups is 1. The molecule has 0 aromatic rings.